The fourth-order valence-electron chi connectivity index (χ4n) is 3.52. The van der Waals surface area contributed by atoms with E-state index in [4.69, 9.17) is 4.74 Å². The number of fused-ring (bicyclic) bond motifs is 2. The highest BCUT2D eigenvalue weighted by Gasteiger charge is 2.30. The first kappa shape index (κ1) is 37.7. The Morgan fingerprint density at radius 2 is 1.25 bits per heavy atom. The molecule has 0 radical (unpaired) electrons. The van der Waals surface area contributed by atoms with Crippen LogP contribution in [0.3, 0.4) is 0 Å². The summed E-state index contributed by atoms with van der Waals surface area (Å²) >= 11 is 0. The molecule has 0 aromatic heterocycles. The molecular weight excluding hydrogens is 388 g/mol. The number of hydrogen-bond acceptors (Lipinski definition) is 1. The van der Waals surface area contributed by atoms with Gasteiger partial charge in [0.1, 0.15) is 0 Å². The Morgan fingerprint density at radius 3 is 1.72 bits per heavy atom. The van der Waals surface area contributed by atoms with Gasteiger partial charge in [-0.15, -0.1) is 0 Å². The molecule has 0 aliphatic heterocycles. The van der Waals surface area contributed by atoms with Gasteiger partial charge in [0.25, 0.3) is 0 Å². The van der Waals surface area contributed by atoms with E-state index in [0.717, 1.165) is 13.0 Å². The van der Waals surface area contributed by atoms with Gasteiger partial charge in [0, 0.05) is 13.0 Å². The zero-order chi connectivity index (χ0) is 26.3. The molecule has 32 heavy (non-hydrogen) atoms. The molecule has 0 fully saturated rings. The number of allylic oxidation sites excluding steroid dienone is 5. The fourth-order valence-corrected chi connectivity index (χ4v) is 3.52. The van der Waals surface area contributed by atoms with Crippen LogP contribution in [0, 0.1) is 6.92 Å². The van der Waals surface area contributed by atoms with Crippen molar-refractivity contribution in [1.82, 2.24) is 0 Å². The van der Waals surface area contributed by atoms with Crippen LogP contribution in [-0.2, 0) is 4.74 Å². The molecule has 1 nitrogen and oxygen atoms in total. The molecule has 1 aromatic carbocycles. The summed E-state index contributed by atoms with van der Waals surface area (Å²) < 4.78 is 5.49. The topological polar surface area (TPSA) is 9.23 Å². The van der Waals surface area contributed by atoms with Crippen molar-refractivity contribution < 1.29 is 4.74 Å². The van der Waals surface area contributed by atoms with Crippen LogP contribution in [0.1, 0.15) is 126 Å². The van der Waals surface area contributed by atoms with Gasteiger partial charge in [-0.3, -0.25) is 0 Å². The van der Waals surface area contributed by atoms with Crippen LogP contribution in [0.4, 0.5) is 0 Å². The summed E-state index contributed by atoms with van der Waals surface area (Å²) in [5.41, 5.74) is 9.93. The number of hydrogen-bond donors (Lipinski definition) is 0. The van der Waals surface area contributed by atoms with Crippen molar-refractivity contribution >= 4 is 5.57 Å². The van der Waals surface area contributed by atoms with Crippen LogP contribution in [0.15, 0.2) is 47.1 Å². The summed E-state index contributed by atoms with van der Waals surface area (Å²) in [6, 6.07) is 6.84. The lowest BCUT2D eigenvalue weighted by atomic mass is 9.94. The second-order valence-electron chi connectivity index (χ2n) is 6.09. The third-order valence-electron chi connectivity index (χ3n) is 4.28. The molecule has 0 amide bonds. The summed E-state index contributed by atoms with van der Waals surface area (Å²) in [6.07, 6.45) is 5.71. The van der Waals surface area contributed by atoms with Gasteiger partial charge in [0.05, 0.1) is 6.61 Å². The molecule has 2 aliphatic rings. The van der Waals surface area contributed by atoms with Crippen molar-refractivity contribution in [3.05, 3.63) is 63.8 Å². The molecule has 0 N–H and O–H groups in total. The minimum absolute atomic E-state index is 0.388. The number of rotatable bonds is 2. The highest BCUT2D eigenvalue weighted by atomic mass is 16.5. The summed E-state index contributed by atoms with van der Waals surface area (Å²) in [4.78, 5) is 0. The Bertz CT molecular complexity index is 644. The van der Waals surface area contributed by atoms with Gasteiger partial charge in [0.2, 0.25) is 0 Å². The largest absolute Gasteiger partial charge is 0.384 e. The van der Waals surface area contributed by atoms with Crippen LogP contribution >= 0.6 is 0 Å². The summed E-state index contributed by atoms with van der Waals surface area (Å²) in [7, 11) is 1.80. The number of methoxy groups -OCH3 is 1. The third kappa shape index (κ3) is 11.9. The Kier molecular flexibility index (Phi) is 30.2. The maximum Gasteiger partial charge on any atom is 0.0572 e. The highest BCUT2D eigenvalue weighted by Crippen LogP contribution is 2.47. The first-order valence-corrected chi connectivity index (χ1v) is 13.3. The van der Waals surface area contributed by atoms with Crippen molar-refractivity contribution in [1.29, 1.82) is 0 Å². The zero-order valence-corrected chi connectivity index (χ0v) is 24.8. The zero-order valence-electron chi connectivity index (χ0n) is 24.8. The first-order valence-electron chi connectivity index (χ1n) is 13.3. The summed E-state index contributed by atoms with van der Waals surface area (Å²) in [5.74, 6) is 0.388. The smallest absolute Gasteiger partial charge is 0.0572 e. The molecule has 188 valence electrons. The van der Waals surface area contributed by atoms with Crippen LogP contribution < -0.4 is 0 Å². The predicted octanol–water partition coefficient (Wildman–Crippen LogP) is 10.9. The van der Waals surface area contributed by atoms with E-state index in [1.807, 2.05) is 83.1 Å². The van der Waals surface area contributed by atoms with Gasteiger partial charge in [-0.05, 0) is 49.5 Å². The average molecular weight is 447 g/mol. The van der Waals surface area contributed by atoms with Gasteiger partial charge in [0.15, 0.2) is 0 Å². The minimum atomic E-state index is 0.388. The highest BCUT2D eigenvalue weighted by molar-refractivity contribution is 5.83. The van der Waals surface area contributed by atoms with Crippen molar-refractivity contribution in [2.45, 2.75) is 116 Å². The quantitative estimate of drug-likeness (QED) is 0.439. The lowest BCUT2D eigenvalue weighted by molar-refractivity contribution is 0.190. The van der Waals surface area contributed by atoms with Gasteiger partial charge in [-0.25, -0.2) is 0 Å². The third-order valence-corrected chi connectivity index (χ3v) is 4.28. The van der Waals surface area contributed by atoms with E-state index in [2.05, 4.69) is 51.1 Å². The second kappa shape index (κ2) is 25.7. The van der Waals surface area contributed by atoms with Gasteiger partial charge >= 0.3 is 0 Å². The first-order chi connectivity index (χ1) is 15.6. The van der Waals surface area contributed by atoms with E-state index >= 15 is 0 Å². The molecule has 0 saturated heterocycles. The Morgan fingerprint density at radius 1 is 0.750 bits per heavy atom. The maximum absolute atomic E-state index is 5.49. The second-order valence-corrected chi connectivity index (χ2v) is 6.09. The fraction of sp³-hybridized carbons (Fsp3) is 0.613. The molecule has 0 heterocycles. The Hall–Kier alpha value is -1.60. The van der Waals surface area contributed by atoms with Gasteiger partial charge in [-0.2, -0.15) is 0 Å². The molecule has 0 saturated carbocycles. The van der Waals surface area contributed by atoms with E-state index in [1.54, 1.807) is 7.11 Å². The van der Waals surface area contributed by atoms with Gasteiger partial charge < -0.3 is 4.74 Å². The molecule has 2 aliphatic carbocycles. The van der Waals surface area contributed by atoms with Crippen molar-refractivity contribution in [3.63, 3.8) is 0 Å². The van der Waals surface area contributed by atoms with E-state index in [0.29, 0.717) is 5.92 Å². The van der Waals surface area contributed by atoms with Crippen LogP contribution in [-0.4, -0.2) is 13.7 Å². The monoisotopic (exact) mass is 446 g/mol. The molecule has 0 bridgehead atoms. The van der Waals surface area contributed by atoms with Crippen LogP contribution in [0.25, 0.3) is 5.57 Å². The van der Waals surface area contributed by atoms with Gasteiger partial charge in [-0.1, -0.05) is 130 Å². The Balaban J connectivity index is -0.000000285. The summed E-state index contributed by atoms with van der Waals surface area (Å²) in [5, 5.41) is 0. The molecule has 1 unspecified atom stereocenters. The number of benzene rings is 1. The van der Waals surface area contributed by atoms with Crippen molar-refractivity contribution in [2.24, 2.45) is 0 Å². The SMILES string of the molecule is CC.CC.CC.CC.CC.CC.COCC1C2=C(CC(C)=CC(C)=C2)c2ccc(C)cc21. The van der Waals surface area contributed by atoms with E-state index in [-0.39, 0.29) is 0 Å². The normalized spacial score (nSPS) is 14.3. The molecule has 1 heteroatoms. The van der Waals surface area contributed by atoms with E-state index in [9.17, 15) is 0 Å². The molecular formula is C31H58O. The number of aryl methyl sites for hydroxylation is 1. The average Bonchev–Trinajstić information content (AvgIpc) is 3.02. The van der Waals surface area contributed by atoms with Crippen LogP contribution in [0.2, 0.25) is 0 Å². The lowest BCUT2D eigenvalue weighted by Gasteiger charge is -2.14. The van der Waals surface area contributed by atoms with Crippen molar-refractivity contribution in [3.8, 4) is 0 Å². The van der Waals surface area contributed by atoms with E-state index < -0.39 is 0 Å². The predicted molar refractivity (Wildman–Crippen MR) is 153 cm³/mol. The van der Waals surface area contributed by atoms with Crippen LogP contribution in [0.5, 0.6) is 0 Å². The maximum atomic E-state index is 5.49. The molecule has 1 aromatic rings. The number of ether oxygens (including phenoxy) is 1. The standard InChI is InChI=1S/C19H22O.6C2H6/c1-12-5-6-15-16-9-13(2)7-14(3)10-18(16)19(11-20-4)17(15)8-12;6*1-2/h5-8,10,19H,9,11H2,1-4H3;6*1-2H3. The Labute approximate surface area is 204 Å². The summed E-state index contributed by atoms with van der Waals surface area (Å²) in [6.45, 7) is 31.3. The minimum Gasteiger partial charge on any atom is -0.384 e. The molecule has 3 rings (SSSR count). The molecule has 1 atom stereocenters. The van der Waals surface area contributed by atoms with Crippen molar-refractivity contribution in [2.75, 3.05) is 13.7 Å². The lowest BCUT2D eigenvalue weighted by Crippen LogP contribution is -2.06. The molecule has 0 spiro atoms. The van der Waals surface area contributed by atoms with E-state index in [1.165, 1.54) is 39.0 Å².